The van der Waals surface area contributed by atoms with E-state index < -0.39 is 5.97 Å². The van der Waals surface area contributed by atoms with Crippen LogP contribution in [0.25, 0.3) is 0 Å². The summed E-state index contributed by atoms with van der Waals surface area (Å²) in [5.41, 5.74) is 0.962. The maximum absolute atomic E-state index is 12.3. The molecule has 0 aliphatic heterocycles. The number of carbonyl (C=O) groups is 2. The highest BCUT2D eigenvalue weighted by molar-refractivity contribution is 6.11. The third-order valence-corrected chi connectivity index (χ3v) is 2.73. The van der Waals surface area contributed by atoms with Gasteiger partial charge < -0.3 is 9.84 Å². The second kappa shape index (κ2) is 5.35. The Bertz CT molecular complexity index is 617. The summed E-state index contributed by atoms with van der Waals surface area (Å²) in [5.74, 6) is -1.000. The Labute approximate surface area is 110 Å². The highest BCUT2D eigenvalue weighted by atomic mass is 16.5. The van der Waals surface area contributed by atoms with Crippen LogP contribution in [0.5, 0.6) is 5.75 Å². The van der Waals surface area contributed by atoms with Gasteiger partial charge in [-0.2, -0.15) is 0 Å². The molecule has 96 valence electrons. The summed E-state index contributed by atoms with van der Waals surface area (Å²) in [7, 11) is 1.41. The lowest BCUT2D eigenvalue weighted by Gasteiger charge is -2.08. The summed E-state index contributed by atoms with van der Waals surface area (Å²) in [5, 5.41) is 8.91. The SMILES string of the molecule is COc1cc(C(=O)O)ccc1C(=O)c1ccccc1. The van der Waals surface area contributed by atoms with Crippen molar-refractivity contribution in [1.29, 1.82) is 0 Å². The molecule has 0 radical (unpaired) electrons. The minimum Gasteiger partial charge on any atom is -0.496 e. The quantitative estimate of drug-likeness (QED) is 0.854. The highest BCUT2D eigenvalue weighted by Gasteiger charge is 2.16. The van der Waals surface area contributed by atoms with E-state index in [0.29, 0.717) is 11.1 Å². The molecule has 0 fully saturated rings. The monoisotopic (exact) mass is 256 g/mol. The molecule has 4 nitrogen and oxygen atoms in total. The Hall–Kier alpha value is -2.62. The second-order valence-electron chi connectivity index (χ2n) is 3.92. The van der Waals surface area contributed by atoms with E-state index in [1.54, 1.807) is 24.3 Å². The second-order valence-corrected chi connectivity index (χ2v) is 3.92. The van der Waals surface area contributed by atoms with E-state index in [0.717, 1.165) is 0 Å². The summed E-state index contributed by atoms with van der Waals surface area (Å²) in [6.07, 6.45) is 0. The van der Waals surface area contributed by atoms with Crippen molar-refractivity contribution < 1.29 is 19.4 Å². The number of hydrogen-bond donors (Lipinski definition) is 1. The van der Waals surface area contributed by atoms with Crippen LogP contribution in [0.4, 0.5) is 0 Å². The van der Waals surface area contributed by atoms with E-state index in [4.69, 9.17) is 9.84 Å². The lowest BCUT2D eigenvalue weighted by Crippen LogP contribution is -2.06. The number of carbonyl (C=O) groups excluding carboxylic acids is 1. The molecule has 2 aromatic carbocycles. The molecule has 0 heterocycles. The highest BCUT2D eigenvalue weighted by Crippen LogP contribution is 2.23. The number of carboxylic acid groups (broad SMARTS) is 1. The van der Waals surface area contributed by atoms with Crippen molar-refractivity contribution in [2.24, 2.45) is 0 Å². The fourth-order valence-electron chi connectivity index (χ4n) is 1.76. The van der Waals surface area contributed by atoms with Crippen molar-refractivity contribution in [3.63, 3.8) is 0 Å². The molecule has 0 amide bonds. The smallest absolute Gasteiger partial charge is 0.335 e. The van der Waals surface area contributed by atoms with Crippen molar-refractivity contribution >= 4 is 11.8 Å². The van der Waals surface area contributed by atoms with E-state index in [2.05, 4.69) is 0 Å². The largest absolute Gasteiger partial charge is 0.496 e. The van der Waals surface area contributed by atoms with Gasteiger partial charge in [0.15, 0.2) is 5.78 Å². The minimum absolute atomic E-state index is 0.0847. The van der Waals surface area contributed by atoms with E-state index in [1.165, 1.54) is 25.3 Å². The number of carboxylic acids is 1. The molecule has 0 aliphatic carbocycles. The van der Waals surface area contributed by atoms with Gasteiger partial charge in [0.25, 0.3) is 0 Å². The number of benzene rings is 2. The van der Waals surface area contributed by atoms with E-state index in [1.807, 2.05) is 6.07 Å². The average Bonchev–Trinajstić information content (AvgIpc) is 2.46. The first-order valence-corrected chi connectivity index (χ1v) is 5.64. The van der Waals surface area contributed by atoms with Gasteiger partial charge in [-0.1, -0.05) is 30.3 Å². The standard InChI is InChI=1S/C15H12O4/c1-19-13-9-11(15(17)18)7-8-12(13)14(16)10-5-3-2-4-6-10/h2-9H,1H3,(H,17,18). The third kappa shape index (κ3) is 2.63. The number of hydrogen-bond acceptors (Lipinski definition) is 3. The predicted octanol–water partition coefficient (Wildman–Crippen LogP) is 2.62. The molecule has 0 saturated heterocycles. The Kier molecular flexibility index (Phi) is 3.61. The Morgan fingerprint density at radius 2 is 1.68 bits per heavy atom. The number of ketones is 1. The fourth-order valence-corrected chi connectivity index (χ4v) is 1.76. The number of methoxy groups -OCH3 is 1. The van der Waals surface area contributed by atoms with Gasteiger partial charge in [-0.25, -0.2) is 4.79 Å². The van der Waals surface area contributed by atoms with Crippen LogP contribution in [-0.4, -0.2) is 24.0 Å². The first-order chi connectivity index (χ1) is 9.13. The zero-order valence-electron chi connectivity index (χ0n) is 10.3. The van der Waals surface area contributed by atoms with E-state index in [-0.39, 0.29) is 17.1 Å². The van der Waals surface area contributed by atoms with Gasteiger partial charge >= 0.3 is 5.97 Å². The topological polar surface area (TPSA) is 63.6 Å². The van der Waals surface area contributed by atoms with Gasteiger partial charge in [-0.05, 0) is 18.2 Å². The molecule has 0 aliphatic rings. The number of aromatic carboxylic acids is 1. The fraction of sp³-hybridized carbons (Fsp3) is 0.0667. The number of rotatable bonds is 4. The minimum atomic E-state index is -1.06. The van der Waals surface area contributed by atoms with Crippen molar-refractivity contribution in [3.05, 3.63) is 65.2 Å². The van der Waals surface area contributed by atoms with Crippen LogP contribution in [0, 0.1) is 0 Å². The number of ether oxygens (including phenoxy) is 1. The lowest BCUT2D eigenvalue weighted by molar-refractivity contribution is 0.0696. The van der Waals surface area contributed by atoms with Crippen LogP contribution >= 0.6 is 0 Å². The maximum Gasteiger partial charge on any atom is 0.335 e. The van der Waals surface area contributed by atoms with E-state index >= 15 is 0 Å². The zero-order valence-corrected chi connectivity index (χ0v) is 10.3. The van der Waals surface area contributed by atoms with Crippen molar-refractivity contribution in [3.8, 4) is 5.75 Å². The molecule has 0 unspecified atom stereocenters. The van der Waals surface area contributed by atoms with Gasteiger partial charge in [0.1, 0.15) is 5.75 Å². The Balaban J connectivity index is 2.45. The predicted molar refractivity (Wildman–Crippen MR) is 69.8 cm³/mol. The van der Waals surface area contributed by atoms with Crippen LogP contribution in [0.3, 0.4) is 0 Å². The van der Waals surface area contributed by atoms with Gasteiger partial charge in [0.05, 0.1) is 18.2 Å². The molecule has 0 aromatic heterocycles. The van der Waals surface area contributed by atoms with Crippen LogP contribution in [0.1, 0.15) is 26.3 Å². The maximum atomic E-state index is 12.3. The molecule has 2 aromatic rings. The molecule has 2 rings (SSSR count). The molecule has 0 saturated carbocycles. The molecule has 0 spiro atoms. The summed E-state index contributed by atoms with van der Waals surface area (Å²) < 4.78 is 5.09. The zero-order chi connectivity index (χ0) is 13.8. The Morgan fingerprint density at radius 3 is 2.26 bits per heavy atom. The lowest BCUT2D eigenvalue weighted by atomic mass is 10.0. The normalized spacial score (nSPS) is 9.95. The van der Waals surface area contributed by atoms with Crippen molar-refractivity contribution in [2.75, 3.05) is 7.11 Å². The van der Waals surface area contributed by atoms with Gasteiger partial charge in [-0.15, -0.1) is 0 Å². The average molecular weight is 256 g/mol. The van der Waals surface area contributed by atoms with Crippen molar-refractivity contribution in [1.82, 2.24) is 0 Å². The molecule has 0 bridgehead atoms. The van der Waals surface area contributed by atoms with Crippen LogP contribution in [-0.2, 0) is 0 Å². The molecule has 0 atom stereocenters. The van der Waals surface area contributed by atoms with Gasteiger partial charge in [-0.3, -0.25) is 4.79 Å². The first-order valence-electron chi connectivity index (χ1n) is 5.64. The molecule has 19 heavy (non-hydrogen) atoms. The van der Waals surface area contributed by atoms with Gasteiger partial charge in [0, 0.05) is 5.56 Å². The molecular weight excluding hydrogens is 244 g/mol. The van der Waals surface area contributed by atoms with E-state index in [9.17, 15) is 9.59 Å². The summed E-state index contributed by atoms with van der Waals surface area (Å²) in [6, 6.07) is 13.0. The molecular formula is C15H12O4. The van der Waals surface area contributed by atoms with Crippen LogP contribution < -0.4 is 4.74 Å². The third-order valence-electron chi connectivity index (χ3n) is 2.73. The van der Waals surface area contributed by atoms with Crippen LogP contribution in [0.2, 0.25) is 0 Å². The van der Waals surface area contributed by atoms with Crippen LogP contribution in [0.15, 0.2) is 48.5 Å². The summed E-state index contributed by atoms with van der Waals surface area (Å²) in [4.78, 5) is 23.2. The molecule has 4 heteroatoms. The molecule has 1 N–H and O–H groups in total. The Morgan fingerprint density at radius 1 is 1.00 bits per heavy atom. The summed E-state index contributed by atoms with van der Waals surface area (Å²) in [6.45, 7) is 0. The van der Waals surface area contributed by atoms with Crippen molar-refractivity contribution in [2.45, 2.75) is 0 Å². The summed E-state index contributed by atoms with van der Waals surface area (Å²) >= 11 is 0. The first kappa shape index (κ1) is 12.8. The van der Waals surface area contributed by atoms with Gasteiger partial charge in [0.2, 0.25) is 0 Å².